The van der Waals surface area contributed by atoms with E-state index in [4.69, 9.17) is 9.16 Å². The molecule has 1 saturated carbocycles. The van der Waals surface area contributed by atoms with Crippen LogP contribution in [0.15, 0.2) is 0 Å². The summed E-state index contributed by atoms with van der Waals surface area (Å²) in [5, 5.41) is 10.2. The van der Waals surface area contributed by atoms with Gasteiger partial charge in [0.1, 0.15) is 12.2 Å². The van der Waals surface area contributed by atoms with Crippen molar-refractivity contribution in [3.8, 4) is 0 Å². The quantitative estimate of drug-likeness (QED) is 0.439. The van der Waals surface area contributed by atoms with E-state index in [1.54, 1.807) is 0 Å². The van der Waals surface area contributed by atoms with E-state index in [9.17, 15) is 5.11 Å². The first-order chi connectivity index (χ1) is 8.06. The predicted octanol–water partition coefficient (Wildman–Crippen LogP) is 3.05. The van der Waals surface area contributed by atoms with Gasteiger partial charge in [0.05, 0.1) is 21.9 Å². The Bertz CT molecular complexity index is 332. The molecule has 106 valence electrons. The van der Waals surface area contributed by atoms with Gasteiger partial charge in [-0.05, 0) is 18.1 Å². The van der Waals surface area contributed by atoms with E-state index in [2.05, 4.69) is 65.7 Å². The maximum absolute atomic E-state index is 9.99. The zero-order chi connectivity index (χ0) is 13.9. The lowest BCUT2D eigenvalue weighted by atomic mass is 9.95. The molecule has 1 heterocycles. The van der Waals surface area contributed by atoms with E-state index in [0.29, 0.717) is 0 Å². The van der Waals surface area contributed by atoms with Crippen molar-refractivity contribution in [2.45, 2.75) is 73.0 Å². The fourth-order valence-corrected chi connectivity index (χ4v) is 4.89. The summed E-state index contributed by atoms with van der Waals surface area (Å²) in [7, 11) is -1.81. The molecule has 0 aromatic rings. The van der Waals surface area contributed by atoms with Gasteiger partial charge in [-0.15, -0.1) is 0 Å². The van der Waals surface area contributed by atoms with Crippen molar-refractivity contribution in [1.29, 1.82) is 0 Å². The fourth-order valence-electron chi connectivity index (χ4n) is 2.06. The number of halogens is 2. The van der Waals surface area contributed by atoms with Crippen LogP contribution < -0.4 is 0 Å². The summed E-state index contributed by atoms with van der Waals surface area (Å²) in [6.07, 6.45) is -0.424. The second-order valence-electron chi connectivity index (χ2n) is 6.79. The molecule has 2 aliphatic rings. The van der Waals surface area contributed by atoms with Crippen LogP contribution in [0.2, 0.25) is 18.1 Å². The molecule has 0 aromatic heterocycles. The lowest BCUT2D eigenvalue weighted by Crippen LogP contribution is -2.55. The lowest BCUT2D eigenvalue weighted by Gasteiger charge is -2.42. The Labute approximate surface area is 127 Å². The maximum atomic E-state index is 9.99. The molecule has 1 N–H and O–H groups in total. The molecule has 2 fully saturated rings. The normalized spacial score (nSPS) is 44.7. The van der Waals surface area contributed by atoms with E-state index in [1.807, 2.05) is 0 Å². The van der Waals surface area contributed by atoms with E-state index >= 15 is 0 Å². The SMILES string of the molecule is CC(C)(C)[Si](C)(C)O[C@H]1[C@H](Br)[C@@H](Br)[C@H](O)[C@@H]2O[C@@H]21. The molecular weight excluding hydrogens is 380 g/mol. The van der Waals surface area contributed by atoms with Gasteiger partial charge in [-0.25, -0.2) is 0 Å². The van der Waals surface area contributed by atoms with Crippen molar-refractivity contribution in [2.75, 3.05) is 0 Å². The summed E-state index contributed by atoms with van der Waals surface area (Å²) in [5.41, 5.74) is 0. The third-order valence-electron chi connectivity index (χ3n) is 4.40. The summed E-state index contributed by atoms with van der Waals surface area (Å²) in [6.45, 7) is 11.2. The topological polar surface area (TPSA) is 42.0 Å². The molecule has 2 rings (SSSR count). The van der Waals surface area contributed by atoms with Crippen molar-refractivity contribution in [3.63, 3.8) is 0 Å². The van der Waals surface area contributed by atoms with Gasteiger partial charge in [0.25, 0.3) is 0 Å². The van der Waals surface area contributed by atoms with Gasteiger partial charge >= 0.3 is 0 Å². The molecule has 1 aliphatic carbocycles. The van der Waals surface area contributed by atoms with E-state index < -0.39 is 14.4 Å². The average Bonchev–Trinajstić information content (AvgIpc) is 2.99. The predicted molar refractivity (Wildman–Crippen MR) is 82.2 cm³/mol. The number of fused-ring (bicyclic) bond motifs is 1. The lowest BCUT2D eigenvalue weighted by molar-refractivity contribution is 0.0994. The molecular formula is C12H22Br2O3Si. The third-order valence-corrected chi connectivity index (χ3v) is 11.8. The van der Waals surface area contributed by atoms with Crippen LogP contribution in [0.1, 0.15) is 20.8 Å². The summed E-state index contributed by atoms with van der Waals surface area (Å²) in [4.78, 5) is 0.0707. The van der Waals surface area contributed by atoms with Gasteiger partial charge in [-0.2, -0.15) is 0 Å². The molecule has 3 nitrogen and oxygen atoms in total. The number of hydrogen-bond donors (Lipinski definition) is 1. The van der Waals surface area contributed by atoms with Crippen LogP contribution in [-0.4, -0.2) is 47.5 Å². The highest BCUT2D eigenvalue weighted by Gasteiger charge is 2.61. The molecule has 0 bridgehead atoms. The van der Waals surface area contributed by atoms with Crippen molar-refractivity contribution in [2.24, 2.45) is 0 Å². The molecule has 0 unspecified atom stereocenters. The van der Waals surface area contributed by atoms with Crippen LogP contribution in [0, 0.1) is 0 Å². The monoisotopic (exact) mass is 400 g/mol. The molecule has 0 spiro atoms. The second kappa shape index (κ2) is 4.81. The van der Waals surface area contributed by atoms with Crippen LogP contribution in [0.3, 0.4) is 0 Å². The zero-order valence-corrected chi connectivity index (χ0v) is 15.7. The molecule has 6 heteroatoms. The Kier molecular flexibility index (Phi) is 4.13. The smallest absolute Gasteiger partial charge is 0.192 e. The van der Waals surface area contributed by atoms with E-state index in [0.717, 1.165) is 0 Å². The number of hydrogen-bond acceptors (Lipinski definition) is 3. The molecule has 6 atom stereocenters. The van der Waals surface area contributed by atoms with Crippen molar-refractivity contribution in [1.82, 2.24) is 0 Å². The van der Waals surface area contributed by atoms with Crippen molar-refractivity contribution < 1.29 is 14.3 Å². The van der Waals surface area contributed by atoms with Gasteiger partial charge in [0.2, 0.25) is 0 Å². The number of rotatable bonds is 2. The molecule has 0 amide bonds. The summed E-state index contributed by atoms with van der Waals surface area (Å²) >= 11 is 7.20. The summed E-state index contributed by atoms with van der Waals surface area (Å²) in [5.74, 6) is 0. The highest BCUT2D eigenvalue weighted by Crippen LogP contribution is 2.47. The van der Waals surface area contributed by atoms with E-state index in [-0.39, 0.29) is 33.0 Å². The second-order valence-corrected chi connectivity index (χ2v) is 13.7. The molecule has 0 aromatic carbocycles. The first kappa shape index (κ1) is 15.4. The van der Waals surface area contributed by atoms with Gasteiger partial charge in [-0.1, -0.05) is 52.6 Å². The fraction of sp³-hybridized carbons (Fsp3) is 1.00. The molecule has 1 saturated heterocycles. The highest BCUT2D eigenvalue weighted by molar-refractivity contribution is 9.12. The van der Waals surface area contributed by atoms with Crippen LogP contribution in [0.5, 0.6) is 0 Å². The van der Waals surface area contributed by atoms with Crippen LogP contribution in [0.4, 0.5) is 0 Å². The number of ether oxygens (including phenoxy) is 1. The van der Waals surface area contributed by atoms with E-state index in [1.165, 1.54) is 0 Å². The molecule has 0 radical (unpaired) electrons. The zero-order valence-electron chi connectivity index (χ0n) is 11.5. The minimum atomic E-state index is -1.81. The highest BCUT2D eigenvalue weighted by atomic mass is 79.9. The minimum Gasteiger partial charge on any atom is -0.410 e. The minimum absolute atomic E-state index is 0.0176. The Balaban J connectivity index is 2.11. The van der Waals surface area contributed by atoms with Crippen LogP contribution >= 0.6 is 31.9 Å². The molecule has 18 heavy (non-hydrogen) atoms. The van der Waals surface area contributed by atoms with Crippen molar-refractivity contribution >= 4 is 40.2 Å². The van der Waals surface area contributed by atoms with Crippen LogP contribution in [-0.2, 0) is 9.16 Å². The van der Waals surface area contributed by atoms with Gasteiger partial charge < -0.3 is 14.3 Å². The summed E-state index contributed by atoms with van der Waals surface area (Å²) in [6, 6.07) is 0. The number of epoxide rings is 1. The number of aliphatic hydroxyl groups is 1. The Hall–Kier alpha value is 1.06. The summed E-state index contributed by atoms with van der Waals surface area (Å²) < 4.78 is 12.0. The average molecular weight is 402 g/mol. The maximum Gasteiger partial charge on any atom is 0.192 e. The largest absolute Gasteiger partial charge is 0.410 e. The third kappa shape index (κ3) is 2.61. The Morgan fingerprint density at radius 2 is 1.67 bits per heavy atom. The first-order valence-corrected chi connectivity index (χ1v) is 11.1. The Morgan fingerprint density at radius 3 is 2.17 bits per heavy atom. The van der Waals surface area contributed by atoms with Crippen LogP contribution in [0.25, 0.3) is 0 Å². The van der Waals surface area contributed by atoms with Gasteiger partial charge in [0.15, 0.2) is 8.32 Å². The standard InChI is InChI=1S/C12H22Br2O3Si/c1-12(2,3)18(4,5)17-9-7(14)6(13)8(15)10-11(9)16-10/h6-11,15H,1-5H3/t6-,7-,8+,9+,10+,11-/m1/s1. The first-order valence-electron chi connectivity index (χ1n) is 6.36. The Morgan fingerprint density at radius 1 is 1.11 bits per heavy atom. The van der Waals surface area contributed by atoms with Gasteiger partial charge in [0, 0.05) is 0 Å². The van der Waals surface area contributed by atoms with Gasteiger partial charge in [-0.3, -0.25) is 0 Å². The number of alkyl halides is 2. The van der Waals surface area contributed by atoms with Crippen molar-refractivity contribution in [3.05, 3.63) is 0 Å². The number of aliphatic hydroxyl groups excluding tert-OH is 1. The molecule has 1 aliphatic heterocycles.